The summed E-state index contributed by atoms with van der Waals surface area (Å²) in [6.07, 6.45) is -2.21. The smallest absolute Gasteiger partial charge is 0.406 e. The number of carbonyl (C=O) groups is 2. The molecule has 0 saturated heterocycles. The largest absolute Gasteiger partial charge is 0.478 e. The average Bonchev–Trinajstić information content (AvgIpc) is 2.34. The Morgan fingerprint density at radius 1 is 1.25 bits per heavy atom. The Bertz CT molecular complexity index is 521. The lowest BCUT2D eigenvalue weighted by Crippen LogP contribution is -2.35. The molecule has 0 aliphatic rings. The Balaban J connectivity index is 2.78. The third-order valence-corrected chi connectivity index (χ3v) is 2.34. The Hall–Kier alpha value is -2.31. The van der Waals surface area contributed by atoms with Gasteiger partial charge >= 0.3 is 12.1 Å². The molecule has 0 bridgehead atoms. The second kappa shape index (κ2) is 6.23. The van der Waals surface area contributed by atoms with Gasteiger partial charge in [-0.15, -0.1) is 0 Å². The second-order valence-corrected chi connectivity index (χ2v) is 4.07. The van der Waals surface area contributed by atoms with Gasteiger partial charge in [0.15, 0.2) is 0 Å². The summed E-state index contributed by atoms with van der Waals surface area (Å²) in [5.41, 5.74) is 0.631. The molecule has 0 aromatic heterocycles. The number of aliphatic carboxylic acids is 1. The number of hydrogen-bond donors (Lipinski definition) is 1. The molecule has 7 heteroatoms. The lowest BCUT2D eigenvalue weighted by molar-refractivity contribution is -0.138. The third kappa shape index (κ3) is 5.13. The molecule has 1 rings (SSSR count). The first kappa shape index (κ1) is 15.7. The zero-order valence-electron chi connectivity index (χ0n) is 10.5. The SMILES string of the molecule is CN(CC(F)(F)F)C(=O)c1ccc(C=CC(=O)O)cc1. The van der Waals surface area contributed by atoms with Crippen molar-refractivity contribution in [3.05, 3.63) is 41.5 Å². The molecule has 1 N–H and O–H groups in total. The number of nitrogens with zero attached hydrogens (tertiary/aromatic N) is 1. The summed E-state index contributed by atoms with van der Waals surface area (Å²) in [5.74, 6) is -1.87. The van der Waals surface area contributed by atoms with Crippen LogP contribution < -0.4 is 0 Å². The zero-order valence-corrected chi connectivity index (χ0v) is 10.5. The highest BCUT2D eigenvalue weighted by Gasteiger charge is 2.31. The second-order valence-electron chi connectivity index (χ2n) is 4.07. The van der Waals surface area contributed by atoms with E-state index in [1.165, 1.54) is 30.3 Å². The molecule has 0 aliphatic heterocycles. The van der Waals surface area contributed by atoms with Gasteiger partial charge < -0.3 is 10.0 Å². The Morgan fingerprint density at radius 3 is 2.25 bits per heavy atom. The van der Waals surface area contributed by atoms with Gasteiger partial charge in [-0.05, 0) is 23.8 Å². The lowest BCUT2D eigenvalue weighted by Gasteiger charge is -2.18. The minimum atomic E-state index is -4.45. The molecule has 0 aliphatic carbocycles. The van der Waals surface area contributed by atoms with Crippen LogP contribution in [0.2, 0.25) is 0 Å². The molecule has 0 radical (unpaired) electrons. The minimum Gasteiger partial charge on any atom is -0.478 e. The highest BCUT2D eigenvalue weighted by atomic mass is 19.4. The Morgan fingerprint density at radius 2 is 1.80 bits per heavy atom. The van der Waals surface area contributed by atoms with Crippen molar-refractivity contribution >= 4 is 18.0 Å². The van der Waals surface area contributed by atoms with Gasteiger partial charge in [-0.2, -0.15) is 13.2 Å². The van der Waals surface area contributed by atoms with Crippen LogP contribution >= 0.6 is 0 Å². The maximum absolute atomic E-state index is 12.2. The molecule has 1 amide bonds. The van der Waals surface area contributed by atoms with Crippen LogP contribution in [-0.4, -0.2) is 41.7 Å². The molecule has 1 aromatic carbocycles. The standard InChI is InChI=1S/C13H12F3NO3/c1-17(8-13(14,15)16)12(20)10-5-2-9(3-6-10)4-7-11(18)19/h2-7H,8H2,1H3,(H,18,19). The van der Waals surface area contributed by atoms with Crippen LogP contribution in [0.15, 0.2) is 30.3 Å². The molecule has 4 nitrogen and oxygen atoms in total. The summed E-state index contributed by atoms with van der Waals surface area (Å²) in [6, 6.07) is 5.59. The van der Waals surface area contributed by atoms with Crippen molar-refractivity contribution < 1.29 is 27.9 Å². The molecular weight excluding hydrogens is 275 g/mol. The Kier molecular flexibility index (Phi) is 4.90. The molecule has 0 fully saturated rings. The van der Waals surface area contributed by atoms with Crippen molar-refractivity contribution in [1.82, 2.24) is 4.90 Å². The van der Waals surface area contributed by atoms with E-state index in [1.54, 1.807) is 0 Å². The molecule has 0 spiro atoms. The van der Waals surface area contributed by atoms with Crippen molar-refractivity contribution in [1.29, 1.82) is 0 Å². The van der Waals surface area contributed by atoms with Gasteiger partial charge in [-0.25, -0.2) is 4.79 Å². The molecule has 1 aromatic rings. The van der Waals surface area contributed by atoms with E-state index in [4.69, 9.17) is 5.11 Å². The number of halogens is 3. The van der Waals surface area contributed by atoms with Gasteiger partial charge in [0.2, 0.25) is 0 Å². The number of amides is 1. The first-order chi connectivity index (χ1) is 9.19. The molecule has 0 heterocycles. The van der Waals surface area contributed by atoms with Gasteiger partial charge in [-0.1, -0.05) is 12.1 Å². The van der Waals surface area contributed by atoms with E-state index < -0.39 is 24.6 Å². The quantitative estimate of drug-likeness (QED) is 0.865. The van der Waals surface area contributed by atoms with E-state index in [0.717, 1.165) is 13.1 Å². The maximum Gasteiger partial charge on any atom is 0.406 e. The number of rotatable bonds is 4. The molecule has 0 unspecified atom stereocenters. The molecule has 0 atom stereocenters. The van der Waals surface area contributed by atoms with E-state index in [9.17, 15) is 22.8 Å². The third-order valence-electron chi connectivity index (χ3n) is 2.34. The summed E-state index contributed by atoms with van der Waals surface area (Å²) in [7, 11) is 1.06. The fourth-order valence-electron chi connectivity index (χ4n) is 1.47. The van der Waals surface area contributed by atoms with Crippen LogP contribution in [0, 0.1) is 0 Å². The van der Waals surface area contributed by atoms with E-state index >= 15 is 0 Å². The first-order valence-corrected chi connectivity index (χ1v) is 5.52. The normalized spacial score (nSPS) is 11.6. The van der Waals surface area contributed by atoms with E-state index in [-0.39, 0.29) is 5.56 Å². The topological polar surface area (TPSA) is 57.6 Å². The Labute approximate surface area is 113 Å². The van der Waals surface area contributed by atoms with Crippen LogP contribution in [0.3, 0.4) is 0 Å². The fourth-order valence-corrected chi connectivity index (χ4v) is 1.47. The highest BCUT2D eigenvalue weighted by molar-refractivity contribution is 5.94. The summed E-state index contributed by atoms with van der Waals surface area (Å²) in [5, 5.41) is 8.44. The van der Waals surface area contributed by atoms with Crippen molar-refractivity contribution in [3.63, 3.8) is 0 Å². The van der Waals surface area contributed by atoms with Crippen molar-refractivity contribution in [2.75, 3.05) is 13.6 Å². The van der Waals surface area contributed by atoms with Crippen LogP contribution in [-0.2, 0) is 4.79 Å². The van der Waals surface area contributed by atoms with E-state index in [0.29, 0.717) is 10.5 Å². The summed E-state index contributed by atoms with van der Waals surface area (Å²) >= 11 is 0. The highest BCUT2D eigenvalue weighted by Crippen LogP contribution is 2.17. The summed E-state index contributed by atoms with van der Waals surface area (Å²) in [4.78, 5) is 22.6. The van der Waals surface area contributed by atoms with Gasteiger partial charge in [-0.3, -0.25) is 4.79 Å². The number of carboxylic acid groups (broad SMARTS) is 1. The lowest BCUT2D eigenvalue weighted by atomic mass is 10.1. The van der Waals surface area contributed by atoms with Crippen molar-refractivity contribution in [2.24, 2.45) is 0 Å². The van der Waals surface area contributed by atoms with E-state index in [1.807, 2.05) is 0 Å². The van der Waals surface area contributed by atoms with Crippen molar-refractivity contribution in [3.8, 4) is 0 Å². The summed E-state index contributed by atoms with van der Waals surface area (Å²) in [6.45, 7) is -1.33. The molecule has 0 saturated carbocycles. The fraction of sp³-hybridized carbons (Fsp3) is 0.231. The van der Waals surface area contributed by atoms with Gasteiger partial charge in [0.05, 0.1) is 0 Å². The number of carbonyl (C=O) groups excluding carboxylic acids is 1. The summed E-state index contributed by atoms with van der Waals surface area (Å²) < 4.78 is 36.5. The van der Waals surface area contributed by atoms with Crippen LogP contribution in [0.25, 0.3) is 6.08 Å². The minimum absolute atomic E-state index is 0.101. The van der Waals surface area contributed by atoms with Crippen LogP contribution in [0.1, 0.15) is 15.9 Å². The van der Waals surface area contributed by atoms with Gasteiger partial charge in [0, 0.05) is 18.7 Å². The molecule has 108 valence electrons. The predicted octanol–water partition coefficient (Wildman–Crippen LogP) is 2.42. The number of carboxylic acids is 1. The first-order valence-electron chi connectivity index (χ1n) is 5.52. The maximum atomic E-state index is 12.2. The average molecular weight is 287 g/mol. The van der Waals surface area contributed by atoms with Crippen molar-refractivity contribution in [2.45, 2.75) is 6.18 Å². The molecular formula is C13H12F3NO3. The van der Waals surface area contributed by atoms with Gasteiger partial charge in [0.25, 0.3) is 5.91 Å². The molecule has 20 heavy (non-hydrogen) atoms. The van der Waals surface area contributed by atoms with E-state index in [2.05, 4.69) is 0 Å². The van der Waals surface area contributed by atoms with Gasteiger partial charge in [0.1, 0.15) is 6.54 Å². The van der Waals surface area contributed by atoms with Crippen LogP contribution in [0.4, 0.5) is 13.2 Å². The predicted molar refractivity (Wildman–Crippen MR) is 66.1 cm³/mol. The number of benzene rings is 1. The van der Waals surface area contributed by atoms with Crippen LogP contribution in [0.5, 0.6) is 0 Å². The number of alkyl halides is 3. The zero-order chi connectivity index (χ0) is 15.3. The monoisotopic (exact) mass is 287 g/mol. The number of hydrogen-bond acceptors (Lipinski definition) is 2.